The zero-order chi connectivity index (χ0) is 17.8. The number of ether oxygens (including phenoxy) is 1. The van der Waals surface area contributed by atoms with Gasteiger partial charge in [-0.05, 0) is 49.4 Å². The molecule has 0 atom stereocenters. The number of nitrogens with one attached hydrogen (secondary N) is 1. The molecule has 1 N–H and O–H groups in total. The van der Waals surface area contributed by atoms with Crippen molar-refractivity contribution < 1.29 is 19.1 Å². The van der Waals surface area contributed by atoms with Crippen LogP contribution in [0.15, 0.2) is 48.0 Å². The van der Waals surface area contributed by atoms with Crippen LogP contribution in [0.1, 0.15) is 27.6 Å². The summed E-state index contributed by atoms with van der Waals surface area (Å²) in [6, 6.07) is 11.5. The van der Waals surface area contributed by atoms with E-state index in [4.69, 9.17) is 4.74 Å². The lowest BCUT2D eigenvalue weighted by atomic mass is 10.1. The SMILES string of the molecule is CC(=O)c1ccc(NC(=O)COC(=O)c2ccc3ncsc3c2)cc1. The number of hydrogen-bond donors (Lipinski definition) is 1. The Labute approximate surface area is 147 Å². The van der Waals surface area contributed by atoms with Crippen LogP contribution in [-0.2, 0) is 9.53 Å². The number of hydrogen-bond acceptors (Lipinski definition) is 6. The molecule has 0 saturated carbocycles. The fraction of sp³-hybridized carbons (Fsp3) is 0.111. The lowest BCUT2D eigenvalue weighted by Gasteiger charge is -2.07. The molecule has 1 amide bonds. The van der Waals surface area contributed by atoms with Gasteiger partial charge in [0.2, 0.25) is 0 Å². The van der Waals surface area contributed by atoms with Crippen LogP contribution < -0.4 is 5.32 Å². The third-order valence-electron chi connectivity index (χ3n) is 3.48. The predicted octanol–water partition coefficient (Wildman–Crippen LogP) is 3.29. The molecule has 0 radical (unpaired) electrons. The van der Waals surface area contributed by atoms with Crippen molar-refractivity contribution in [2.75, 3.05) is 11.9 Å². The first-order valence-electron chi connectivity index (χ1n) is 7.44. The molecule has 1 heterocycles. The van der Waals surface area contributed by atoms with Crippen LogP contribution in [0.5, 0.6) is 0 Å². The van der Waals surface area contributed by atoms with Crippen LogP contribution in [0.25, 0.3) is 10.2 Å². The lowest BCUT2D eigenvalue weighted by Crippen LogP contribution is -2.20. The molecule has 6 nitrogen and oxygen atoms in total. The third kappa shape index (κ3) is 4.07. The first kappa shape index (κ1) is 16.8. The number of aromatic nitrogens is 1. The highest BCUT2D eigenvalue weighted by Crippen LogP contribution is 2.19. The maximum atomic E-state index is 12.0. The minimum Gasteiger partial charge on any atom is -0.452 e. The molecule has 0 spiro atoms. The quantitative estimate of drug-likeness (QED) is 0.561. The number of rotatable bonds is 5. The summed E-state index contributed by atoms with van der Waals surface area (Å²) in [5, 5.41) is 2.60. The van der Waals surface area contributed by atoms with E-state index in [1.54, 1.807) is 48.0 Å². The number of Topliss-reactive ketones (excluding diaryl/α,β-unsaturated/α-hetero) is 1. The minimum absolute atomic E-state index is 0.0512. The maximum absolute atomic E-state index is 12.0. The second-order valence-corrected chi connectivity index (χ2v) is 6.18. The zero-order valence-corrected chi connectivity index (χ0v) is 14.1. The van der Waals surface area contributed by atoms with Gasteiger partial charge in [-0.25, -0.2) is 9.78 Å². The van der Waals surface area contributed by atoms with Gasteiger partial charge in [0, 0.05) is 11.3 Å². The minimum atomic E-state index is -0.572. The highest BCUT2D eigenvalue weighted by atomic mass is 32.1. The van der Waals surface area contributed by atoms with Crippen molar-refractivity contribution in [3.05, 3.63) is 59.1 Å². The summed E-state index contributed by atoms with van der Waals surface area (Å²) in [6.45, 7) is 1.07. The van der Waals surface area contributed by atoms with Crippen LogP contribution in [-0.4, -0.2) is 29.3 Å². The van der Waals surface area contributed by atoms with Crippen molar-refractivity contribution in [2.45, 2.75) is 6.92 Å². The molecule has 126 valence electrons. The number of carbonyl (C=O) groups is 3. The van der Waals surface area contributed by atoms with Gasteiger partial charge >= 0.3 is 5.97 Å². The number of carbonyl (C=O) groups excluding carboxylic acids is 3. The standard InChI is InChI=1S/C18H14N2O4S/c1-11(21)12-2-5-14(6-3-12)20-17(22)9-24-18(23)13-4-7-15-16(8-13)25-10-19-15/h2-8,10H,9H2,1H3,(H,20,22). The number of amides is 1. The van der Waals surface area contributed by atoms with Crippen LogP contribution in [0.4, 0.5) is 5.69 Å². The van der Waals surface area contributed by atoms with Crippen LogP contribution in [0.3, 0.4) is 0 Å². The largest absolute Gasteiger partial charge is 0.452 e. The highest BCUT2D eigenvalue weighted by Gasteiger charge is 2.12. The molecule has 0 unspecified atom stereocenters. The van der Waals surface area contributed by atoms with Crippen molar-refractivity contribution >= 4 is 44.9 Å². The first-order chi connectivity index (χ1) is 12.0. The van der Waals surface area contributed by atoms with Gasteiger partial charge in [-0.2, -0.15) is 0 Å². The summed E-state index contributed by atoms with van der Waals surface area (Å²) in [5.41, 5.74) is 3.97. The molecule has 3 aromatic rings. The van der Waals surface area contributed by atoms with E-state index in [1.807, 2.05) is 0 Å². The highest BCUT2D eigenvalue weighted by molar-refractivity contribution is 7.16. The molecular weight excluding hydrogens is 340 g/mol. The number of fused-ring (bicyclic) bond motifs is 1. The molecule has 1 aromatic heterocycles. The molecule has 0 aliphatic rings. The van der Waals surface area contributed by atoms with E-state index in [2.05, 4.69) is 10.3 Å². The third-order valence-corrected chi connectivity index (χ3v) is 4.27. The fourth-order valence-corrected chi connectivity index (χ4v) is 2.90. The molecule has 0 fully saturated rings. The van der Waals surface area contributed by atoms with Crippen LogP contribution >= 0.6 is 11.3 Å². The normalized spacial score (nSPS) is 10.4. The number of ketones is 1. The predicted molar refractivity (Wildman–Crippen MR) is 95.0 cm³/mol. The summed E-state index contributed by atoms with van der Waals surface area (Å²) in [7, 11) is 0. The van der Waals surface area contributed by atoms with E-state index in [0.717, 1.165) is 10.2 Å². The fourth-order valence-electron chi connectivity index (χ4n) is 2.18. The Morgan fingerprint density at radius 1 is 1.08 bits per heavy atom. The van der Waals surface area contributed by atoms with Gasteiger partial charge in [-0.3, -0.25) is 9.59 Å². The molecular formula is C18H14N2O4S. The van der Waals surface area contributed by atoms with Crippen molar-refractivity contribution in [2.24, 2.45) is 0 Å². The molecule has 3 rings (SSSR count). The summed E-state index contributed by atoms with van der Waals surface area (Å²) < 4.78 is 5.91. The van der Waals surface area contributed by atoms with E-state index < -0.39 is 18.5 Å². The molecule has 2 aromatic carbocycles. The van der Waals surface area contributed by atoms with Gasteiger partial charge in [-0.1, -0.05) is 0 Å². The average Bonchev–Trinajstić information content (AvgIpc) is 3.07. The van der Waals surface area contributed by atoms with Crippen molar-refractivity contribution in [3.63, 3.8) is 0 Å². The Hall–Kier alpha value is -3.06. The first-order valence-corrected chi connectivity index (χ1v) is 8.32. The number of esters is 1. The van der Waals surface area contributed by atoms with E-state index in [0.29, 0.717) is 16.8 Å². The lowest BCUT2D eigenvalue weighted by molar-refractivity contribution is -0.119. The van der Waals surface area contributed by atoms with Crippen molar-refractivity contribution in [3.8, 4) is 0 Å². The number of thiazole rings is 1. The zero-order valence-electron chi connectivity index (χ0n) is 13.3. The summed E-state index contributed by atoms with van der Waals surface area (Å²) in [4.78, 5) is 39.3. The Kier molecular flexibility index (Phi) is 4.85. The summed E-state index contributed by atoms with van der Waals surface area (Å²) in [5.74, 6) is -1.08. The molecule has 0 aliphatic heterocycles. The van der Waals surface area contributed by atoms with E-state index in [9.17, 15) is 14.4 Å². The van der Waals surface area contributed by atoms with Gasteiger partial charge in [-0.15, -0.1) is 11.3 Å². The van der Waals surface area contributed by atoms with E-state index in [1.165, 1.54) is 18.3 Å². The second kappa shape index (κ2) is 7.23. The molecule has 0 aliphatic carbocycles. The van der Waals surface area contributed by atoms with Gasteiger partial charge in [0.05, 0.1) is 21.3 Å². The Morgan fingerprint density at radius 3 is 2.52 bits per heavy atom. The van der Waals surface area contributed by atoms with Crippen molar-refractivity contribution in [1.82, 2.24) is 4.98 Å². The summed E-state index contributed by atoms with van der Waals surface area (Å²) >= 11 is 1.43. The Morgan fingerprint density at radius 2 is 1.80 bits per heavy atom. The van der Waals surface area contributed by atoms with Crippen LogP contribution in [0, 0.1) is 0 Å². The molecule has 0 bridgehead atoms. The van der Waals surface area contributed by atoms with Gasteiger partial charge in [0.25, 0.3) is 5.91 Å². The van der Waals surface area contributed by atoms with Gasteiger partial charge in [0.1, 0.15) is 0 Å². The maximum Gasteiger partial charge on any atom is 0.338 e. The molecule has 25 heavy (non-hydrogen) atoms. The Balaban J connectivity index is 1.56. The molecule has 7 heteroatoms. The van der Waals surface area contributed by atoms with E-state index in [-0.39, 0.29) is 5.78 Å². The van der Waals surface area contributed by atoms with Gasteiger partial charge in [0.15, 0.2) is 12.4 Å². The summed E-state index contributed by atoms with van der Waals surface area (Å²) in [6.07, 6.45) is 0. The number of anilines is 1. The number of benzene rings is 2. The monoisotopic (exact) mass is 354 g/mol. The van der Waals surface area contributed by atoms with Gasteiger partial charge < -0.3 is 10.1 Å². The topological polar surface area (TPSA) is 85.4 Å². The average molecular weight is 354 g/mol. The molecule has 0 saturated heterocycles. The smallest absolute Gasteiger partial charge is 0.338 e. The number of nitrogens with zero attached hydrogens (tertiary/aromatic N) is 1. The Bertz CT molecular complexity index is 947. The van der Waals surface area contributed by atoms with E-state index >= 15 is 0 Å². The van der Waals surface area contributed by atoms with Crippen molar-refractivity contribution in [1.29, 1.82) is 0 Å². The van der Waals surface area contributed by atoms with Crippen LogP contribution in [0.2, 0.25) is 0 Å². The second-order valence-electron chi connectivity index (χ2n) is 5.29.